The predicted molar refractivity (Wildman–Crippen MR) is 88.1 cm³/mol. The van der Waals surface area contributed by atoms with Crippen LogP contribution in [0.5, 0.6) is 0 Å². The van der Waals surface area contributed by atoms with Gasteiger partial charge in [0.15, 0.2) is 0 Å². The van der Waals surface area contributed by atoms with Crippen LogP contribution in [0.4, 0.5) is 13.2 Å². The molecule has 0 aliphatic heterocycles. The molecular weight excluding hydrogens is 367 g/mol. The standard InChI is InChI=1S/C17H14F3N3O2S/c1-23-9-8-21-17(23)16(12-4-2-3-5-13(12)19)22-26(24,25)15-10-11(18)6-7-14(15)20/h2-10,16,22H,1H3/t16-/m0/s1. The summed E-state index contributed by atoms with van der Waals surface area (Å²) in [7, 11) is -2.90. The molecule has 1 aromatic heterocycles. The second-order valence-electron chi connectivity index (χ2n) is 5.55. The number of halogens is 3. The number of aromatic nitrogens is 2. The van der Waals surface area contributed by atoms with Gasteiger partial charge in [0.05, 0.1) is 0 Å². The minimum absolute atomic E-state index is 0.00202. The highest BCUT2D eigenvalue weighted by atomic mass is 32.2. The topological polar surface area (TPSA) is 64.0 Å². The van der Waals surface area contributed by atoms with E-state index < -0.39 is 38.4 Å². The molecule has 2 aromatic carbocycles. The van der Waals surface area contributed by atoms with Crippen LogP contribution < -0.4 is 4.72 Å². The Balaban J connectivity index is 2.11. The van der Waals surface area contributed by atoms with Crippen LogP contribution in [0.2, 0.25) is 0 Å². The molecule has 0 saturated heterocycles. The normalized spacial score (nSPS) is 12.9. The van der Waals surface area contributed by atoms with Crippen molar-refractivity contribution in [2.24, 2.45) is 7.05 Å². The number of sulfonamides is 1. The molecule has 0 aliphatic carbocycles. The summed E-state index contributed by atoms with van der Waals surface area (Å²) in [6, 6.07) is 6.39. The summed E-state index contributed by atoms with van der Waals surface area (Å²) >= 11 is 0. The van der Waals surface area contributed by atoms with E-state index in [0.29, 0.717) is 12.1 Å². The van der Waals surface area contributed by atoms with E-state index >= 15 is 0 Å². The molecule has 136 valence electrons. The van der Waals surface area contributed by atoms with E-state index in [-0.39, 0.29) is 11.4 Å². The Morgan fingerprint density at radius 1 is 1.08 bits per heavy atom. The lowest BCUT2D eigenvalue weighted by Crippen LogP contribution is -2.32. The molecule has 0 fully saturated rings. The van der Waals surface area contributed by atoms with E-state index in [4.69, 9.17) is 0 Å². The number of hydrogen-bond donors (Lipinski definition) is 1. The first-order valence-electron chi connectivity index (χ1n) is 7.48. The summed E-state index contributed by atoms with van der Waals surface area (Å²) in [5.74, 6) is -2.50. The molecule has 26 heavy (non-hydrogen) atoms. The number of benzene rings is 2. The molecule has 5 nitrogen and oxygen atoms in total. The lowest BCUT2D eigenvalue weighted by molar-refractivity contribution is 0.528. The number of aryl methyl sites for hydroxylation is 1. The van der Waals surface area contributed by atoms with Crippen LogP contribution in [0.15, 0.2) is 59.8 Å². The average Bonchev–Trinajstić information content (AvgIpc) is 3.01. The summed E-state index contributed by atoms with van der Waals surface area (Å²) in [4.78, 5) is 3.19. The predicted octanol–water partition coefficient (Wildman–Crippen LogP) is 2.91. The van der Waals surface area contributed by atoms with Crippen LogP contribution in [-0.4, -0.2) is 18.0 Å². The molecule has 3 aromatic rings. The van der Waals surface area contributed by atoms with Crippen LogP contribution in [0.25, 0.3) is 0 Å². The molecule has 1 N–H and O–H groups in total. The van der Waals surface area contributed by atoms with Crippen molar-refractivity contribution in [2.45, 2.75) is 10.9 Å². The van der Waals surface area contributed by atoms with Crippen molar-refractivity contribution < 1.29 is 21.6 Å². The van der Waals surface area contributed by atoms with Crippen molar-refractivity contribution >= 4 is 10.0 Å². The van der Waals surface area contributed by atoms with Crippen LogP contribution in [0, 0.1) is 17.5 Å². The van der Waals surface area contributed by atoms with Gasteiger partial charge in [0, 0.05) is 25.0 Å². The molecule has 1 atom stereocenters. The highest BCUT2D eigenvalue weighted by Gasteiger charge is 2.29. The molecule has 3 rings (SSSR count). The maximum absolute atomic E-state index is 14.3. The Kier molecular flexibility index (Phi) is 4.84. The molecular formula is C17H14F3N3O2S. The Labute approximate surface area is 148 Å². The van der Waals surface area contributed by atoms with Crippen molar-refractivity contribution in [3.8, 4) is 0 Å². The zero-order valence-electron chi connectivity index (χ0n) is 13.5. The fourth-order valence-corrected chi connectivity index (χ4v) is 3.78. The van der Waals surface area contributed by atoms with E-state index in [1.165, 1.54) is 35.0 Å². The SMILES string of the molecule is Cn1ccnc1[C@@H](NS(=O)(=O)c1cc(F)ccc1F)c1ccccc1F. The first-order valence-corrected chi connectivity index (χ1v) is 8.97. The highest BCUT2D eigenvalue weighted by Crippen LogP contribution is 2.26. The Bertz CT molecular complexity index is 1050. The van der Waals surface area contributed by atoms with Gasteiger partial charge in [-0.2, -0.15) is 4.72 Å². The monoisotopic (exact) mass is 381 g/mol. The van der Waals surface area contributed by atoms with E-state index in [1.54, 1.807) is 13.2 Å². The van der Waals surface area contributed by atoms with Crippen LogP contribution in [-0.2, 0) is 17.1 Å². The Morgan fingerprint density at radius 3 is 2.46 bits per heavy atom. The molecule has 0 amide bonds. The first kappa shape index (κ1) is 18.2. The molecule has 9 heteroatoms. The number of nitrogens with one attached hydrogen (secondary N) is 1. The maximum atomic E-state index is 14.3. The van der Waals surface area contributed by atoms with Crippen LogP contribution in [0.3, 0.4) is 0 Å². The summed E-state index contributed by atoms with van der Waals surface area (Å²) in [5.41, 5.74) is 0.00202. The third kappa shape index (κ3) is 3.49. The number of nitrogens with zero attached hydrogens (tertiary/aromatic N) is 2. The van der Waals surface area contributed by atoms with Gasteiger partial charge in [-0.1, -0.05) is 18.2 Å². The molecule has 0 saturated carbocycles. The smallest absolute Gasteiger partial charge is 0.244 e. The van der Waals surface area contributed by atoms with Gasteiger partial charge in [-0.3, -0.25) is 0 Å². The largest absolute Gasteiger partial charge is 0.336 e. The van der Waals surface area contributed by atoms with E-state index in [9.17, 15) is 21.6 Å². The first-order chi connectivity index (χ1) is 12.3. The van der Waals surface area contributed by atoms with Crippen molar-refractivity contribution in [3.05, 3.63) is 83.7 Å². The second kappa shape index (κ2) is 6.93. The van der Waals surface area contributed by atoms with Gasteiger partial charge in [-0.15, -0.1) is 0 Å². The molecule has 0 radical (unpaired) electrons. The van der Waals surface area contributed by atoms with Gasteiger partial charge in [0.2, 0.25) is 10.0 Å². The van der Waals surface area contributed by atoms with Gasteiger partial charge in [-0.05, 0) is 24.3 Å². The van der Waals surface area contributed by atoms with Crippen molar-refractivity contribution in [2.75, 3.05) is 0 Å². The summed E-state index contributed by atoms with van der Waals surface area (Å²) in [6.07, 6.45) is 2.97. The lowest BCUT2D eigenvalue weighted by Gasteiger charge is -2.20. The van der Waals surface area contributed by atoms with E-state index in [2.05, 4.69) is 9.71 Å². The van der Waals surface area contributed by atoms with E-state index in [1.807, 2.05) is 0 Å². The minimum Gasteiger partial charge on any atom is -0.336 e. The maximum Gasteiger partial charge on any atom is 0.244 e. The molecule has 0 spiro atoms. The van der Waals surface area contributed by atoms with Crippen molar-refractivity contribution in [3.63, 3.8) is 0 Å². The highest BCUT2D eigenvalue weighted by molar-refractivity contribution is 7.89. The number of rotatable bonds is 5. The summed E-state index contributed by atoms with van der Waals surface area (Å²) < 4.78 is 70.6. The molecule has 0 unspecified atom stereocenters. The number of imidazole rings is 1. The van der Waals surface area contributed by atoms with Gasteiger partial charge in [-0.25, -0.2) is 26.6 Å². The zero-order chi connectivity index (χ0) is 18.9. The summed E-state index contributed by atoms with van der Waals surface area (Å²) in [5, 5.41) is 0. The Hall–Kier alpha value is -2.65. The molecule has 0 aliphatic rings. The van der Waals surface area contributed by atoms with Crippen molar-refractivity contribution in [1.29, 1.82) is 0 Å². The molecule has 0 bridgehead atoms. The fourth-order valence-electron chi connectivity index (χ4n) is 2.52. The molecule has 1 heterocycles. The van der Waals surface area contributed by atoms with Crippen molar-refractivity contribution in [1.82, 2.24) is 14.3 Å². The lowest BCUT2D eigenvalue weighted by atomic mass is 10.1. The average molecular weight is 381 g/mol. The van der Waals surface area contributed by atoms with Gasteiger partial charge in [0.1, 0.15) is 34.2 Å². The second-order valence-corrected chi connectivity index (χ2v) is 7.23. The number of hydrogen-bond acceptors (Lipinski definition) is 3. The zero-order valence-corrected chi connectivity index (χ0v) is 14.3. The Morgan fingerprint density at radius 2 is 1.81 bits per heavy atom. The van der Waals surface area contributed by atoms with Crippen LogP contribution in [0.1, 0.15) is 17.4 Å². The van der Waals surface area contributed by atoms with Gasteiger partial charge in [0.25, 0.3) is 0 Å². The van der Waals surface area contributed by atoms with Gasteiger partial charge >= 0.3 is 0 Å². The van der Waals surface area contributed by atoms with Crippen LogP contribution >= 0.6 is 0 Å². The van der Waals surface area contributed by atoms with Gasteiger partial charge < -0.3 is 4.57 Å². The fraction of sp³-hybridized carbons (Fsp3) is 0.118. The quantitative estimate of drug-likeness (QED) is 0.739. The van der Waals surface area contributed by atoms with E-state index in [0.717, 1.165) is 6.07 Å². The minimum atomic E-state index is -4.51. The summed E-state index contributed by atoms with van der Waals surface area (Å²) in [6.45, 7) is 0. The third-order valence-corrected chi connectivity index (χ3v) is 5.23. The third-order valence-electron chi connectivity index (χ3n) is 3.79.